The molecular formula is C28H30N6O4. The van der Waals surface area contributed by atoms with E-state index in [1.54, 1.807) is 24.3 Å². The third-order valence-corrected chi connectivity index (χ3v) is 6.12. The number of rotatable bonds is 9. The van der Waals surface area contributed by atoms with Crippen molar-refractivity contribution in [1.82, 2.24) is 9.97 Å². The summed E-state index contributed by atoms with van der Waals surface area (Å²) in [5.74, 6) is 0.0192. The van der Waals surface area contributed by atoms with Gasteiger partial charge in [-0.2, -0.15) is 4.98 Å². The quantitative estimate of drug-likeness (QED) is 0.360. The van der Waals surface area contributed by atoms with E-state index in [-0.39, 0.29) is 29.1 Å². The Morgan fingerprint density at radius 3 is 2.55 bits per heavy atom. The number of ether oxygens (including phenoxy) is 1. The van der Waals surface area contributed by atoms with Gasteiger partial charge in [-0.25, -0.2) is 4.98 Å². The Morgan fingerprint density at radius 1 is 1.13 bits per heavy atom. The Bertz CT molecular complexity index is 1390. The van der Waals surface area contributed by atoms with Crippen LogP contribution < -0.4 is 26.0 Å². The second-order valence-electron chi connectivity index (χ2n) is 8.87. The number of piperidine rings is 1. The number of ketones is 1. The van der Waals surface area contributed by atoms with E-state index in [1.807, 2.05) is 32.0 Å². The summed E-state index contributed by atoms with van der Waals surface area (Å²) in [5.41, 5.74) is 9.37. The van der Waals surface area contributed by atoms with Gasteiger partial charge in [0, 0.05) is 49.1 Å². The van der Waals surface area contributed by atoms with Crippen LogP contribution in [-0.4, -0.2) is 40.7 Å². The first kappa shape index (κ1) is 26.3. The molecule has 0 aliphatic carbocycles. The lowest BCUT2D eigenvalue weighted by molar-refractivity contribution is -0.119. The number of aryl methyl sites for hydroxylation is 2. The molecule has 0 saturated carbocycles. The molecule has 196 valence electrons. The van der Waals surface area contributed by atoms with Crippen molar-refractivity contribution in [3.8, 4) is 11.6 Å². The summed E-state index contributed by atoms with van der Waals surface area (Å²) < 4.78 is 6.02. The number of benzene rings is 2. The van der Waals surface area contributed by atoms with E-state index < -0.39 is 5.91 Å². The molecule has 2 heterocycles. The highest BCUT2D eigenvalue weighted by atomic mass is 16.5. The summed E-state index contributed by atoms with van der Waals surface area (Å²) >= 11 is 0. The number of carbonyl (C=O) groups excluding carboxylic acids is 3. The van der Waals surface area contributed by atoms with E-state index in [2.05, 4.69) is 32.1 Å². The zero-order valence-corrected chi connectivity index (χ0v) is 21.4. The molecule has 1 aliphatic heterocycles. The van der Waals surface area contributed by atoms with Crippen LogP contribution in [0.1, 0.15) is 41.5 Å². The van der Waals surface area contributed by atoms with Crippen molar-refractivity contribution in [3.63, 3.8) is 0 Å². The molecule has 4 rings (SSSR count). The number of amides is 2. The van der Waals surface area contributed by atoms with E-state index >= 15 is 0 Å². The molecule has 2 amide bonds. The third kappa shape index (κ3) is 6.15. The molecule has 10 heteroatoms. The monoisotopic (exact) mass is 514 g/mol. The first-order valence-electron chi connectivity index (χ1n) is 12.3. The van der Waals surface area contributed by atoms with Gasteiger partial charge in [-0.1, -0.05) is 19.6 Å². The lowest BCUT2D eigenvalue weighted by atomic mass is 10.1. The van der Waals surface area contributed by atoms with Gasteiger partial charge in [0.1, 0.15) is 17.2 Å². The van der Waals surface area contributed by atoms with Crippen molar-refractivity contribution in [2.45, 2.75) is 33.1 Å². The summed E-state index contributed by atoms with van der Waals surface area (Å²) in [7, 11) is 0. The number of nitrogens with zero attached hydrogens (tertiary/aromatic N) is 3. The van der Waals surface area contributed by atoms with Gasteiger partial charge in [-0.3, -0.25) is 14.4 Å². The summed E-state index contributed by atoms with van der Waals surface area (Å²) in [6.45, 7) is 8.70. The van der Waals surface area contributed by atoms with Crippen LogP contribution in [0.3, 0.4) is 0 Å². The van der Waals surface area contributed by atoms with Gasteiger partial charge in [0.2, 0.25) is 11.8 Å². The van der Waals surface area contributed by atoms with Crippen LogP contribution in [0.15, 0.2) is 55.1 Å². The summed E-state index contributed by atoms with van der Waals surface area (Å²) in [4.78, 5) is 46.7. The molecule has 0 radical (unpaired) electrons. The maximum Gasteiger partial charge on any atom is 0.271 e. The number of nitrogens with one attached hydrogen (secondary N) is 2. The maximum atomic E-state index is 12.2. The minimum atomic E-state index is -0.721. The normalized spacial score (nSPS) is 13.1. The van der Waals surface area contributed by atoms with Crippen molar-refractivity contribution in [1.29, 1.82) is 0 Å². The van der Waals surface area contributed by atoms with E-state index in [4.69, 9.17) is 10.5 Å². The zero-order valence-electron chi connectivity index (χ0n) is 21.4. The molecule has 10 nitrogen and oxygen atoms in total. The highest BCUT2D eigenvalue weighted by molar-refractivity contribution is 5.99. The Morgan fingerprint density at radius 2 is 1.89 bits per heavy atom. The summed E-state index contributed by atoms with van der Waals surface area (Å²) in [6.07, 6.45) is 2.72. The summed E-state index contributed by atoms with van der Waals surface area (Å²) in [5, 5.41) is 5.84. The second kappa shape index (κ2) is 11.5. The van der Waals surface area contributed by atoms with E-state index in [9.17, 15) is 14.4 Å². The van der Waals surface area contributed by atoms with Crippen LogP contribution in [0.4, 0.5) is 22.9 Å². The standard InChI is InChI=1S/C28H30N6O4/c1-4-22-28(38-21-8-6-7-18(16-21)30-24(36)5-2)33-27(25(32-22)26(29)37)31-19-9-10-23(17(3)15-19)34-13-11-20(35)12-14-34/h5-10,15-16H,2,4,11-14H2,1,3H3,(H2,29,37)(H,30,36)(H,31,33). The molecule has 38 heavy (non-hydrogen) atoms. The minimum absolute atomic E-state index is 0.00234. The molecule has 3 aromatic rings. The molecule has 1 fully saturated rings. The molecular weight excluding hydrogens is 484 g/mol. The fraction of sp³-hybridized carbons (Fsp3) is 0.250. The Labute approximate surface area is 220 Å². The molecule has 2 aromatic carbocycles. The average Bonchev–Trinajstić information content (AvgIpc) is 2.89. The summed E-state index contributed by atoms with van der Waals surface area (Å²) in [6, 6.07) is 12.6. The largest absolute Gasteiger partial charge is 0.437 e. The Kier molecular flexibility index (Phi) is 8.00. The second-order valence-corrected chi connectivity index (χ2v) is 8.87. The highest BCUT2D eigenvalue weighted by Crippen LogP contribution is 2.31. The molecule has 1 aliphatic rings. The van der Waals surface area contributed by atoms with Gasteiger partial charge in [0.25, 0.3) is 5.91 Å². The van der Waals surface area contributed by atoms with E-state index in [0.717, 1.165) is 11.3 Å². The number of nitrogens with two attached hydrogens (primary N) is 1. The van der Waals surface area contributed by atoms with Crippen molar-refractivity contribution in [2.24, 2.45) is 5.73 Å². The molecule has 1 saturated heterocycles. The highest BCUT2D eigenvalue weighted by Gasteiger charge is 2.21. The zero-order chi connectivity index (χ0) is 27.2. The van der Waals surface area contributed by atoms with Crippen LogP contribution in [0.5, 0.6) is 11.6 Å². The van der Waals surface area contributed by atoms with Crippen molar-refractivity contribution < 1.29 is 19.1 Å². The maximum absolute atomic E-state index is 12.2. The molecule has 1 aromatic heterocycles. The van der Waals surface area contributed by atoms with Crippen LogP contribution in [0, 0.1) is 6.92 Å². The van der Waals surface area contributed by atoms with Crippen molar-refractivity contribution in [2.75, 3.05) is 28.6 Å². The van der Waals surface area contributed by atoms with Crippen molar-refractivity contribution >= 4 is 40.5 Å². The first-order chi connectivity index (χ1) is 18.3. The van der Waals surface area contributed by atoms with E-state index in [1.165, 1.54) is 6.08 Å². The van der Waals surface area contributed by atoms with Crippen LogP contribution in [0.25, 0.3) is 0 Å². The van der Waals surface area contributed by atoms with Gasteiger partial charge in [0.15, 0.2) is 11.5 Å². The Balaban J connectivity index is 1.62. The van der Waals surface area contributed by atoms with Crippen LogP contribution >= 0.6 is 0 Å². The molecule has 4 N–H and O–H groups in total. The lowest BCUT2D eigenvalue weighted by Gasteiger charge is -2.29. The lowest BCUT2D eigenvalue weighted by Crippen LogP contribution is -2.34. The molecule has 0 bridgehead atoms. The molecule has 0 unspecified atom stereocenters. The van der Waals surface area contributed by atoms with Crippen LogP contribution in [-0.2, 0) is 16.0 Å². The number of hydrogen-bond donors (Lipinski definition) is 3. The predicted molar refractivity (Wildman–Crippen MR) is 146 cm³/mol. The fourth-order valence-corrected chi connectivity index (χ4v) is 4.19. The molecule has 0 atom stereocenters. The molecule has 0 spiro atoms. The van der Waals surface area contributed by atoms with Gasteiger partial charge in [-0.05, 0) is 55.3 Å². The fourth-order valence-electron chi connectivity index (χ4n) is 4.19. The van der Waals surface area contributed by atoms with Gasteiger partial charge in [0.05, 0.1) is 0 Å². The number of Topliss-reactive ketones (excluding diaryl/α,β-unsaturated/α-hetero) is 1. The van der Waals surface area contributed by atoms with Crippen LogP contribution in [0.2, 0.25) is 0 Å². The van der Waals surface area contributed by atoms with E-state index in [0.29, 0.717) is 55.2 Å². The smallest absolute Gasteiger partial charge is 0.271 e. The Hall–Kier alpha value is -4.73. The SMILES string of the molecule is C=CC(=O)Nc1cccc(Oc2nc(Nc3ccc(N4CCC(=O)CC4)c(C)c3)c(C(N)=O)nc2CC)c1. The third-order valence-electron chi connectivity index (χ3n) is 6.12. The van der Waals surface area contributed by atoms with Gasteiger partial charge >= 0.3 is 0 Å². The first-order valence-corrected chi connectivity index (χ1v) is 12.3. The average molecular weight is 515 g/mol. The number of carbonyl (C=O) groups is 3. The van der Waals surface area contributed by atoms with Crippen molar-refractivity contribution in [3.05, 3.63) is 72.1 Å². The number of hydrogen-bond acceptors (Lipinski definition) is 8. The number of aromatic nitrogens is 2. The minimum Gasteiger partial charge on any atom is -0.437 e. The van der Waals surface area contributed by atoms with Gasteiger partial charge < -0.3 is 26.0 Å². The predicted octanol–water partition coefficient (Wildman–Crippen LogP) is 4.28. The van der Waals surface area contributed by atoms with Gasteiger partial charge in [-0.15, -0.1) is 0 Å². The topological polar surface area (TPSA) is 140 Å². The number of anilines is 4. The number of primary amides is 1.